The normalized spacial score (nSPS) is 12.9. The number of nitrogens with one attached hydrogen (secondary N) is 1. The third-order valence-corrected chi connectivity index (χ3v) is 2.19. The van der Waals surface area contributed by atoms with E-state index >= 15 is 0 Å². The van der Waals surface area contributed by atoms with Crippen molar-refractivity contribution in [2.75, 3.05) is 47.5 Å². The second kappa shape index (κ2) is 8.64. The molecule has 1 atom stereocenters. The van der Waals surface area contributed by atoms with Crippen LogP contribution in [0.25, 0.3) is 0 Å². The van der Waals surface area contributed by atoms with Crippen LogP contribution in [0.1, 0.15) is 6.92 Å². The predicted molar refractivity (Wildman–Crippen MR) is 58.9 cm³/mol. The van der Waals surface area contributed by atoms with Crippen molar-refractivity contribution < 1.29 is 14.3 Å². The van der Waals surface area contributed by atoms with Gasteiger partial charge in [0, 0.05) is 33.9 Å². The third kappa shape index (κ3) is 7.30. The molecule has 0 aliphatic carbocycles. The van der Waals surface area contributed by atoms with Gasteiger partial charge in [-0.15, -0.1) is 0 Å². The lowest BCUT2D eigenvalue weighted by atomic mass is 10.4. The zero-order valence-corrected chi connectivity index (χ0v) is 10.1. The second-order valence-corrected chi connectivity index (χ2v) is 3.47. The fraction of sp³-hybridized carbons (Fsp3) is 0.900. The van der Waals surface area contributed by atoms with Gasteiger partial charge in [-0.2, -0.15) is 0 Å². The molecule has 0 aliphatic heterocycles. The highest BCUT2D eigenvalue weighted by atomic mass is 16.5. The molecule has 1 amide bonds. The Hall–Kier alpha value is -0.650. The van der Waals surface area contributed by atoms with Crippen molar-refractivity contribution in [1.29, 1.82) is 0 Å². The Balaban J connectivity index is 3.48. The Morgan fingerprint density at radius 3 is 2.60 bits per heavy atom. The van der Waals surface area contributed by atoms with E-state index in [0.717, 1.165) is 13.1 Å². The number of methoxy groups -OCH3 is 2. The Kier molecular flexibility index (Phi) is 8.27. The number of likely N-dealkylation sites (N-methyl/N-ethyl adjacent to an activating group) is 1. The Bertz CT molecular complexity index is 176. The lowest BCUT2D eigenvalue weighted by molar-refractivity contribution is -0.130. The van der Waals surface area contributed by atoms with E-state index in [1.165, 1.54) is 7.11 Å². The van der Waals surface area contributed by atoms with E-state index in [1.807, 2.05) is 7.05 Å². The minimum Gasteiger partial charge on any atom is -0.383 e. The van der Waals surface area contributed by atoms with Gasteiger partial charge in [0.1, 0.15) is 6.10 Å². The van der Waals surface area contributed by atoms with Gasteiger partial charge in [0.15, 0.2) is 0 Å². The maximum absolute atomic E-state index is 11.3. The summed E-state index contributed by atoms with van der Waals surface area (Å²) in [7, 11) is 5.19. The second-order valence-electron chi connectivity index (χ2n) is 3.47. The number of carbonyl (C=O) groups excluding carboxylic acids is 1. The van der Waals surface area contributed by atoms with E-state index in [2.05, 4.69) is 10.2 Å². The van der Waals surface area contributed by atoms with Crippen LogP contribution in [0.4, 0.5) is 0 Å². The maximum Gasteiger partial charge on any atom is 0.248 e. The number of hydrogen-bond donors (Lipinski definition) is 1. The molecule has 90 valence electrons. The van der Waals surface area contributed by atoms with Crippen molar-refractivity contribution in [3.05, 3.63) is 0 Å². The Labute approximate surface area is 91.7 Å². The summed E-state index contributed by atoms with van der Waals surface area (Å²) >= 11 is 0. The first-order chi connectivity index (χ1) is 7.11. The molecule has 0 aromatic heterocycles. The van der Waals surface area contributed by atoms with Crippen LogP contribution in [0.15, 0.2) is 0 Å². The first kappa shape index (κ1) is 14.3. The molecule has 0 aromatic rings. The van der Waals surface area contributed by atoms with E-state index in [4.69, 9.17) is 9.47 Å². The first-order valence-corrected chi connectivity index (χ1v) is 5.09. The van der Waals surface area contributed by atoms with Crippen molar-refractivity contribution in [2.24, 2.45) is 0 Å². The van der Waals surface area contributed by atoms with Gasteiger partial charge >= 0.3 is 0 Å². The zero-order chi connectivity index (χ0) is 11.7. The van der Waals surface area contributed by atoms with Gasteiger partial charge in [-0.25, -0.2) is 0 Å². The molecule has 5 heteroatoms. The summed E-state index contributed by atoms with van der Waals surface area (Å²) in [4.78, 5) is 13.4. The molecule has 0 rings (SSSR count). The minimum absolute atomic E-state index is 0.0716. The molecule has 15 heavy (non-hydrogen) atoms. The molecular formula is C10H22N2O3. The molecular weight excluding hydrogens is 196 g/mol. The smallest absolute Gasteiger partial charge is 0.248 e. The van der Waals surface area contributed by atoms with Crippen LogP contribution >= 0.6 is 0 Å². The largest absolute Gasteiger partial charge is 0.383 e. The summed E-state index contributed by atoms with van der Waals surface area (Å²) in [5, 5.41) is 2.79. The van der Waals surface area contributed by atoms with E-state index in [1.54, 1.807) is 14.0 Å². The Morgan fingerprint density at radius 2 is 2.07 bits per heavy atom. The van der Waals surface area contributed by atoms with Crippen molar-refractivity contribution in [1.82, 2.24) is 10.2 Å². The summed E-state index contributed by atoms with van der Waals surface area (Å²) in [5.41, 5.74) is 0. The summed E-state index contributed by atoms with van der Waals surface area (Å²) < 4.78 is 9.84. The molecule has 0 aromatic carbocycles. The standard InChI is InChI=1S/C10H22N2O3/c1-9(15-4)10(13)11-5-6-12(2)7-8-14-3/h9H,5-8H2,1-4H3,(H,11,13). The van der Waals surface area contributed by atoms with Crippen molar-refractivity contribution in [2.45, 2.75) is 13.0 Å². The lowest BCUT2D eigenvalue weighted by Crippen LogP contribution is -2.39. The highest BCUT2D eigenvalue weighted by Gasteiger charge is 2.10. The van der Waals surface area contributed by atoms with Gasteiger partial charge in [-0.05, 0) is 14.0 Å². The Morgan fingerprint density at radius 1 is 1.40 bits per heavy atom. The average Bonchev–Trinajstić information content (AvgIpc) is 2.24. The number of ether oxygens (including phenoxy) is 2. The molecule has 0 heterocycles. The molecule has 1 unspecified atom stereocenters. The van der Waals surface area contributed by atoms with Gasteiger partial charge in [0.25, 0.3) is 0 Å². The van der Waals surface area contributed by atoms with Gasteiger partial charge in [-0.3, -0.25) is 4.79 Å². The highest BCUT2D eigenvalue weighted by molar-refractivity contribution is 5.80. The molecule has 0 spiro atoms. The van der Waals surface area contributed by atoms with Gasteiger partial charge < -0.3 is 19.7 Å². The van der Waals surface area contributed by atoms with Crippen LogP contribution in [0.3, 0.4) is 0 Å². The summed E-state index contributed by atoms with van der Waals surface area (Å²) in [6.07, 6.45) is -0.380. The molecule has 0 saturated heterocycles. The lowest BCUT2D eigenvalue weighted by Gasteiger charge is -2.17. The van der Waals surface area contributed by atoms with Crippen molar-refractivity contribution >= 4 is 5.91 Å². The number of hydrogen-bond acceptors (Lipinski definition) is 4. The fourth-order valence-corrected chi connectivity index (χ4v) is 0.980. The van der Waals surface area contributed by atoms with Crippen molar-refractivity contribution in [3.63, 3.8) is 0 Å². The summed E-state index contributed by atoms with van der Waals surface area (Å²) in [6, 6.07) is 0. The molecule has 0 saturated carbocycles. The van der Waals surface area contributed by atoms with E-state index in [0.29, 0.717) is 13.2 Å². The number of carbonyl (C=O) groups is 1. The fourth-order valence-electron chi connectivity index (χ4n) is 0.980. The van der Waals surface area contributed by atoms with Gasteiger partial charge in [0.05, 0.1) is 6.61 Å². The first-order valence-electron chi connectivity index (χ1n) is 5.09. The van der Waals surface area contributed by atoms with Crippen LogP contribution in [0.2, 0.25) is 0 Å². The SMILES string of the molecule is COCCN(C)CCNC(=O)C(C)OC. The van der Waals surface area contributed by atoms with E-state index < -0.39 is 0 Å². The zero-order valence-electron chi connectivity index (χ0n) is 10.1. The molecule has 0 aliphatic rings. The molecule has 1 N–H and O–H groups in total. The van der Waals surface area contributed by atoms with E-state index in [9.17, 15) is 4.79 Å². The van der Waals surface area contributed by atoms with Crippen molar-refractivity contribution in [3.8, 4) is 0 Å². The highest BCUT2D eigenvalue weighted by Crippen LogP contribution is 1.87. The third-order valence-electron chi connectivity index (χ3n) is 2.19. The molecule has 0 bridgehead atoms. The number of amides is 1. The summed E-state index contributed by atoms with van der Waals surface area (Å²) in [6.45, 7) is 4.74. The topological polar surface area (TPSA) is 50.8 Å². The molecule has 5 nitrogen and oxygen atoms in total. The van der Waals surface area contributed by atoms with Crippen LogP contribution < -0.4 is 5.32 Å². The maximum atomic E-state index is 11.3. The van der Waals surface area contributed by atoms with Gasteiger partial charge in [-0.1, -0.05) is 0 Å². The van der Waals surface area contributed by atoms with E-state index in [-0.39, 0.29) is 12.0 Å². The quantitative estimate of drug-likeness (QED) is 0.608. The van der Waals surface area contributed by atoms with Crippen LogP contribution in [-0.2, 0) is 14.3 Å². The van der Waals surface area contributed by atoms with Crippen LogP contribution in [0, 0.1) is 0 Å². The number of nitrogens with zero attached hydrogens (tertiary/aromatic N) is 1. The molecule has 0 radical (unpaired) electrons. The summed E-state index contributed by atoms with van der Waals surface area (Å²) in [5.74, 6) is -0.0716. The monoisotopic (exact) mass is 218 g/mol. The average molecular weight is 218 g/mol. The molecule has 0 fully saturated rings. The van der Waals surface area contributed by atoms with Gasteiger partial charge in [0.2, 0.25) is 5.91 Å². The predicted octanol–water partition coefficient (Wildman–Crippen LogP) is -0.284. The minimum atomic E-state index is -0.380. The van der Waals surface area contributed by atoms with Crippen LogP contribution in [-0.4, -0.2) is 64.4 Å². The van der Waals surface area contributed by atoms with Crippen LogP contribution in [0.5, 0.6) is 0 Å². The number of rotatable bonds is 8.